The van der Waals surface area contributed by atoms with Crippen molar-refractivity contribution in [2.45, 2.75) is 0 Å². The summed E-state index contributed by atoms with van der Waals surface area (Å²) in [7, 11) is 0. The second-order valence-corrected chi connectivity index (χ2v) is 0. The summed E-state index contributed by atoms with van der Waals surface area (Å²) in [5.74, 6) is 0. The first kappa shape index (κ1) is 184. The third-order valence-electron chi connectivity index (χ3n) is 0. The molecule has 0 aromatic rings. The molecule has 0 rings (SSSR count). The van der Waals surface area contributed by atoms with Gasteiger partial charge in [-0.05, 0) is 0 Å². The van der Waals surface area contributed by atoms with Crippen molar-refractivity contribution in [1.29, 1.82) is 0 Å². The van der Waals surface area contributed by atoms with Gasteiger partial charge in [0.25, 0.3) is 0 Å². The zero-order valence-electron chi connectivity index (χ0n) is 6.52. The van der Waals surface area contributed by atoms with Gasteiger partial charge in [-0.3, -0.25) is 0 Å². The first-order valence-electron chi connectivity index (χ1n) is 0. The molecule has 0 aliphatic rings. The summed E-state index contributed by atoms with van der Waals surface area (Å²) in [6.45, 7) is 0. The van der Waals surface area contributed by atoms with Gasteiger partial charge in [0.1, 0.15) is 0 Å². The Morgan fingerprint density at radius 1 is 0.250 bits per heavy atom. The van der Waals surface area contributed by atoms with Gasteiger partial charge in [-0.1, -0.05) is 0 Å². The Kier molecular flexibility index (Phi) is 2320. The van der Waals surface area contributed by atoms with Crippen LogP contribution in [0.4, 0.5) is 0 Å². The van der Waals surface area contributed by atoms with Crippen molar-refractivity contribution in [3.63, 3.8) is 0 Å². The third-order valence-corrected chi connectivity index (χ3v) is 0. The van der Waals surface area contributed by atoms with E-state index in [2.05, 4.69) is 0 Å². The van der Waals surface area contributed by atoms with Crippen molar-refractivity contribution in [2.75, 3.05) is 0 Å². The normalized spacial score (nSPS) is 0. The maximum absolute atomic E-state index is 0. The average molecular weight is 1230 g/mol. The molecular weight excluding hydrogens is 1220 g/mol. The van der Waals surface area contributed by atoms with Gasteiger partial charge in [-0.2, -0.15) is 0 Å². The predicted molar refractivity (Wildman–Crippen MR) is 25.1 cm³/mol. The van der Waals surface area contributed by atoms with E-state index in [0.29, 0.717) is 0 Å². The van der Waals surface area contributed by atoms with Crippen molar-refractivity contribution in [3.8, 4) is 0 Å². The van der Waals surface area contributed by atoms with Gasteiger partial charge in [0.2, 0.25) is 0 Å². The van der Waals surface area contributed by atoms with E-state index in [0.717, 1.165) is 0 Å². The summed E-state index contributed by atoms with van der Waals surface area (Å²) in [4.78, 5) is 0. The molecule has 0 unspecified atom stereocenters. The molecule has 0 saturated carbocycles. The zero-order valence-corrected chi connectivity index (χ0v) is 26.7. The Hall–Kier alpha value is 4.76. The molecular formula is H15CuN5Ta6. The summed E-state index contributed by atoms with van der Waals surface area (Å²) < 4.78 is 0. The Morgan fingerprint density at radius 2 is 0.250 bits per heavy atom. The molecule has 0 bridgehead atoms. The van der Waals surface area contributed by atoms with E-state index in [1.165, 1.54) is 0 Å². The summed E-state index contributed by atoms with van der Waals surface area (Å²) >= 11 is 0. The molecule has 15 N–H and O–H groups in total. The van der Waals surface area contributed by atoms with E-state index in [1.807, 2.05) is 0 Å². The molecule has 81 valence electrons. The molecule has 0 atom stereocenters. The molecule has 7 radical (unpaired) electrons. The van der Waals surface area contributed by atoms with Gasteiger partial charge < -0.3 is 30.8 Å². The minimum absolute atomic E-state index is 0. The Balaban J connectivity index is 0. The minimum atomic E-state index is 0. The van der Waals surface area contributed by atoms with E-state index < -0.39 is 0 Å². The maximum atomic E-state index is 0. The van der Waals surface area contributed by atoms with Crippen LogP contribution >= 0.6 is 0 Å². The smallest absolute Gasteiger partial charge is 0 e. The van der Waals surface area contributed by atoms with E-state index >= 15 is 0 Å². The van der Waals surface area contributed by atoms with Crippen molar-refractivity contribution in [3.05, 3.63) is 0 Å². The van der Waals surface area contributed by atoms with E-state index in [9.17, 15) is 0 Å². The SMILES string of the molecule is N.N.N.N.N.[Cu].[Ta].[Ta].[Ta].[Ta].[Ta].[Ta]. The molecule has 0 aromatic carbocycles. The van der Waals surface area contributed by atoms with Crippen molar-refractivity contribution in [1.82, 2.24) is 30.8 Å². The fourth-order valence-electron chi connectivity index (χ4n) is 0. The van der Waals surface area contributed by atoms with Crippen LogP contribution in [0.5, 0.6) is 0 Å². The van der Waals surface area contributed by atoms with Crippen molar-refractivity contribution >= 4 is 0 Å². The average Bonchev–Trinajstić information content (AvgIpc) is 0. The largest absolute Gasteiger partial charge is 0.344 e. The Bertz CT molecular complexity index is 15.9. The first-order chi connectivity index (χ1) is 0. The van der Waals surface area contributed by atoms with Crippen molar-refractivity contribution in [2.24, 2.45) is 0 Å². The standard InChI is InChI=1S/Cu.5H3N.6Ta/h;5*1H3;;;;;;. The Morgan fingerprint density at radius 3 is 0.250 bits per heavy atom. The van der Waals surface area contributed by atoms with Crippen LogP contribution in [0.3, 0.4) is 0 Å². The van der Waals surface area contributed by atoms with Crippen LogP contribution in [0, 0.1) is 0 Å². The van der Waals surface area contributed by atoms with Gasteiger partial charge in [-0.15, -0.1) is 0 Å². The molecule has 0 aromatic heterocycles. The van der Waals surface area contributed by atoms with Crippen LogP contribution in [0.1, 0.15) is 0 Å². The molecule has 12 heavy (non-hydrogen) atoms. The van der Waals surface area contributed by atoms with Gasteiger partial charge in [0.15, 0.2) is 0 Å². The van der Waals surface area contributed by atoms with Crippen LogP contribution in [-0.4, -0.2) is 0 Å². The molecule has 0 fully saturated rings. The van der Waals surface area contributed by atoms with Crippen molar-refractivity contribution < 1.29 is 151 Å². The topological polar surface area (TPSA) is 175 Å². The van der Waals surface area contributed by atoms with Gasteiger partial charge in [0, 0.05) is 151 Å². The second-order valence-electron chi connectivity index (χ2n) is 0. The summed E-state index contributed by atoms with van der Waals surface area (Å²) in [5.41, 5.74) is 0. The zero-order chi connectivity index (χ0) is 0. The maximum Gasteiger partial charge on any atom is 0 e. The third kappa shape index (κ3) is 123. The monoisotopic (exact) mass is 1230 g/mol. The van der Waals surface area contributed by atoms with Crippen LogP contribution in [-0.2, 0) is 151 Å². The fourth-order valence-corrected chi connectivity index (χ4v) is 0. The van der Waals surface area contributed by atoms with Gasteiger partial charge >= 0.3 is 0 Å². The molecule has 0 heterocycles. The Labute approximate surface area is 178 Å². The number of rotatable bonds is 0. The molecule has 0 spiro atoms. The molecule has 12 heteroatoms. The second kappa shape index (κ2) is 152. The molecule has 0 saturated heterocycles. The van der Waals surface area contributed by atoms with E-state index in [4.69, 9.17) is 0 Å². The summed E-state index contributed by atoms with van der Waals surface area (Å²) in [6.07, 6.45) is 0. The molecule has 0 aliphatic carbocycles. The van der Waals surface area contributed by atoms with Crippen LogP contribution in [0.15, 0.2) is 0 Å². The minimum Gasteiger partial charge on any atom is -0.344 e. The predicted octanol–water partition coefficient (Wildman–Crippen LogP) is 0.792. The van der Waals surface area contributed by atoms with Crippen LogP contribution in [0.2, 0.25) is 0 Å². The van der Waals surface area contributed by atoms with E-state index in [1.54, 1.807) is 0 Å². The quantitative estimate of drug-likeness (QED) is 0.226. The number of hydrogen-bond donors (Lipinski definition) is 5. The summed E-state index contributed by atoms with van der Waals surface area (Å²) in [6, 6.07) is 0. The van der Waals surface area contributed by atoms with Gasteiger partial charge in [0.05, 0.1) is 0 Å². The molecule has 5 nitrogen and oxygen atoms in total. The number of hydrogen-bond acceptors (Lipinski definition) is 5. The molecule has 0 amide bonds. The van der Waals surface area contributed by atoms with Crippen LogP contribution in [0.25, 0.3) is 0 Å². The van der Waals surface area contributed by atoms with E-state index in [-0.39, 0.29) is 182 Å². The van der Waals surface area contributed by atoms with Gasteiger partial charge in [-0.25, -0.2) is 0 Å². The fraction of sp³-hybridized carbons (Fsp3) is 0. The first-order valence-corrected chi connectivity index (χ1v) is 0. The molecule has 0 aliphatic heterocycles. The summed E-state index contributed by atoms with van der Waals surface area (Å²) in [5, 5.41) is 0. The van der Waals surface area contributed by atoms with Crippen LogP contribution < -0.4 is 30.8 Å².